The molecular formula is C15H13NS. The van der Waals surface area contributed by atoms with Gasteiger partial charge in [0.2, 0.25) is 0 Å². The zero-order valence-corrected chi connectivity index (χ0v) is 10.2. The van der Waals surface area contributed by atoms with Crippen LogP contribution in [-0.2, 0) is 0 Å². The Morgan fingerprint density at radius 1 is 0.882 bits per heavy atom. The van der Waals surface area contributed by atoms with Gasteiger partial charge in [0, 0.05) is 22.5 Å². The number of fused-ring (bicyclic) bond motifs is 1. The first-order valence-electron chi connectivity index (χ1n) is 5.68. The largest absolute Gasteiger partial charge is 0.316 e. The Labute approximate surface area is 106 Å². The molecule has 0 fully saturated rings. The lowest BCUT2D eigenvalue weighted by Gasteiger charge is -2.21. The van der Waals surface area contributed by atoms with Crippen molar-refractivity contribution in [3.8, 4) is 0 Å². The first-order valence-corrected chi connectivity index (χ1v) is 6.66. The lowest BCUT2D eigenvalue weighted by atomic mass is 10.2. The Hall–Kier alpha value is -1.67. The molecule has 1 aliphatic rings. The predicted octanol–water partition coefficient (Wildman–Crippen LogP) is 4.44. The first-order chi connectivity index (χ1) is 8.45. The molecule has 17 heavy (non-hydrogen) atoms. The summed E-state index contributed by atoms with van der Waals surface area (Å²) in [5.74, 6) is 1.03. The lowest BCUT2D eigenvalue weighted by molar-refractivity contribution is 1.23. The minimum Gasteiger partial charge on any atom is -0.316 e. The Balaban J connectivity index is 2.11. The molecule has 1 nitrogen and oxygen atoms in total. The van der Waals surface area contributed by atoms with Crippen LogP contribution in [0.4, 0.5) is 11.4 Å². The quantitative estimate of drug-likeness (QED) is 0.723. The van der Waals surface area contributed by atoms with Gasteiger partial charge in [-0.05, 0) is 24.3 Å². The van der Waals surface area contributed by atoms with Crippen LogP contribution >= 0.6 is 11.8 Å². The molecule has 3 rings (SSSR count). The minimum atomic E-state index is 1.03. The highest BCUT2D eigenvalue weighted by molar-refractivity contribution is 7.99. The topological polar surface area (TPSA) is 3.24 Å². The van der Waals surface area contributed by atoms with Gasteiger partial charge in [0.1, 0.15) is 0 Å². The third-order valence-corrected chi connectivity index (χ3v) is 3.76. The molecule has 0 aliphatic carbocycles. The van der Waals surface area contributed by atoms with E-state index < -0.39 is 0 Å². The molecule has 0 saturated carbocycles. The van der Waals surface area contributed by atoms with Gasteiger partial charge in [0.05, 0.1) is 5.69 Å². The van der Waals surface area contributed by atoms with E-state index in [0.717, 1.165) is 5.75 Å². The second-order valence-electron chi connectivity index (χ2n) is 3.87. The van der Waals surface area contributed by atoms with Crippen molar-refractivity contribution in [2.24, 2.45) is 0 Å². The van der Waals surface area contributed by atoms with Gasteiger partial charge in [-0.15, -0.1) is 11.8 Å². The number of nitrogens with zero attached hydrogens (tertiary/aromatic N) is 1. The molecule has 1 aliphatic heterocycles. The zero-order chi connectivity index (χ0) is 11.5. The van der Waals surface area contributed by atoms with E-state index in [0.29, 0.717) is 0 Å². The maximum Gasteiger partial charge on any atom is 0.0591 e. The van der Waals surface area contributed by atoms with Crippen LogP contribution in [0.3, 0.4) is 0 Å². The van der Waals surface area contributed by atoms with Crippen molar-refractivity contribution < 1.29 is 0 Å². The molecule has 0 N–H and O–H groups in total. The van der Waals surface area contributed by atoms with E-state index in [1.807, 2.05) is 17.8 Å². The molecule has 2 heteroatoms. The summed E-state index contributed by atoms with van der Waals surface area (Å²) in [4.78, 5) is 3.58. The van der Waals surface area contributed by atoms with Gasteiger partial charge in [-0.3, -0.25) is 0 Å². The van der Waals surface area contributed by atoms with Crippen LogP contribution in [0.2, 0.25) is 0 Å². The van der Waals surface area contributed by atoms with Crippen LogP contribution in [0.1, 0.15) is 0 Å². The molecule has 0 saturated heterocycles. The molecule has 0 bridgehead atoms. The molecule has 0 aromatic heterocycles. The highest BCUT2D eigenvalue weighted by atomic mass is 32.2. The molecule has 0 atom stereocenters. The third kappa shape index (κ3) is 2.08. The van der Waals surface area contributed by atoms with Gasteiger partial charge >= 0.3 is 0 Å². The Morgan fingerprint density at radius 2 is 1.65 bits per heavy atom. The van der Waals surface area contributed by atoms with Crippen molar-refractivity contribution in [3.63, 3.8) is 0 Å². The Bertz CT molecular complexity index is 534. The maximum atomic E-state index is 2.25. The molecule has 2 aromatic rings. The third-order valence-electron chi connectivity index (χ3n) is 2.75. The smallest absolute Gasteiger partial charge is 0.0591 e. The number of rotatable bonds is 1. The Kier molecular flexibility index (Phi) is 2.88. The monoisotopic (exact) mass is 239 g/mol. The van der Waals surface area contributed by atoms with Gasteiger partial charge in [-0.1, -0.05) is 36.4 Å². The molecule has 0 amide bonds. The standard InChI is InChI=1S/C15H13NS/c1-2-7-13(8-3-1)16-11-6-12-17-15-10-5-4-9-14(15)16/h1-11H,12H2. The fraction of sp³-hybridized carbons (Fsp3) is 0.0667. The van der Waals surface area contributed by atoms with Crippen LogP contribution in [0, 0.1) is 0 Å². The van der Waals surface area contributed by atoms with Gasteiger partial charge in [0.25, 0.3) is 0 Å². The summed E-state index contributed by atoms with van der Waals surface area (Å²) in [6, 6.07) is 19.0. The SMILES string of the molecule is C1=CN(c2ccccc2)c2ccccc2SC1. The van der Waals surface area contributed by atoms with E-state index in [1.54, 1.807) is 0 Å². The summed E-state index contributed by atoms with van der Waals surface area (Å²) in [6.45, 7) is 0. The molecule has 2 aromatic carbocycles. The normalized spacial score (nSPS) is 14.2. The summed E-state index contributed by atoms with van der Waals surface area (Å²) < 4.78 is 0. The second kappa shape index (κ2) is 4.68. The van der Waals surface area contributed by atoms with Crippen molar-refractivity contribution in [3.05, 3.63) is 66.9 Å². The number of hydrogen-bond acceptors (Lipinski definition) is 2. The van der Waals surface area contributed by atoms with Crippen LogP contribution < -0.4 is 4.90 Å². The van der Waals surface area contributed by atoms with Gasteiger partial charge < -0.3 is 4.90 Å². The average Bonchev–Trinajstić information content (AvgIpc) is 2.62. The molecule has 0 radical (unpaired) electrons. The van der Waals surface area contributed by atoms with Crippen molar-refractivity contribution in [2.75, 3.05) is 10.7 Å². The van der Waals surface area contributed by atoms with Crippen molar-refractivity contribution in [2.45, 2.75) is 4.90 Å². The summed E-state index contributed by atoms with van der Waals surface area (Å²) >= 11 is 1.88. The molecule has 0 unspecified atom stereocenters. The predicted molar refractivity (Wildman–Crippen MR) is 74.9 cm³/mol. The number of hydrogen-bond donors (Lipinski definition) is 0. The van der Waals surface area contributed by atoms with Crippen LogP contribution in [-0.4, -0.2) is 5.75 Å². The van der Waals surface area contributed by atoms with Crippen molar-refractivity contribution in [1.82, 2.24) is 0 Å². The van der Waals surface area contributed by atoms with E-state index >= 15 is 0 Å². The Morgan fingerprint density at radius 3 is 2.53 bits per heavy atom. The van der Waals surface area contributed by atoms with Gasteiger partial charge in [0.15, 0.2) is 0 Å². The number of para-hydroxylation sites is 2. The summed E-state index contributed by atoms with van der Waals surface area (Å²) in [5.41, 5.74) is 2.47. The molecule has 0 spiro atoms. The van der Waals surface area contributed by atoms with Crippen LogP contribution in [0.5, 0.6) is 0 Å². The number of anilines is 2. The van der Waals surface area contributed by atoms with Crippen LogP contribution in [0.25, 0.3) is 0 Å². The molecule has 1 heterocycles. The number of thioether (sulfide) groups is 1. The van der Waals surface area contributed by atoms with E-state index in [4.69, 9.17) is 0 Å². The van der Waals surface area contributed by atoms with Crippen molar-refractivity contribution >= 4 is 23.1 Å². The highest BCUT2D eigenvalue weighted by Gasteiger charge is 2.12. The minimum absolute atomic E-state index is 1.03. The zero-order valence-electron chi connectivity index (χ0n) is 9.41. The van der Waals surface area contributed by atoms with E-state index in [-0.39, 0.29) is 0 Å². The summed E-state index contributed by atoms with van der Waals surface area (Å²) in [5, 5.41) is 0. The van der Waals surface area contributed by atoms with E-state index in [2.05, 4.69) is 65.7 Å². The average molecular weight is 239 g/mol. The van der Waals surface area contributed by atoms with Crippen molar-refractivity contribution in [1.29, 1.82) is 0 Å². The van der Waals surface area contributed by atoms with Gasteiger partial charge in [-0.25, -0.2) is 0 Å². The number of benzene rings is 2. The second-order valence-corrected chi connectivity index (χ2v) is 4.93. The first kappa shape index (κ1) is 10.5. The maximum absolute atomic E-state index is 2.25. The van der Waals surface area contributed by atoms with E-state index in [1.165, 1.54) is 16.3 Å². The fourth-order valence-electron chi connectivity index (χ4n) is 1.96. The molecular weight excluding hydrogens is 226 g/mol. The highest BCUT2D eigenvalue weighted by Crippen LogP contribution is 2.36. The molecule has 84 valence electrons. The summed E-state index contributed by atoms with van der Waals surface area (Å²) in [6.07, 6.45) is 4.37. The lowest BCUT2D eigenvalue weighted by Crippen LogP contribution is -2.08. The van der Waals surface area contributed by atoms with Gasteiger partial charge in [-0.2, -0.15) is 0 Å². The fourth-order valence-corrected chi connectivity index (χ4v) is 2.81. The summed E-state index contributed by atoms with van der Waals surface area (Å²) in [7, 11) is 0. The van der Waals surface area contributed by atoms with Crippen LogP contribution in [0.15, 0.2) is 71.8 Å². The van der Waals surface area contributed by atoms with E-state index in [9.17, 15) is 0 Å².